The van der Waals surface area contributed by atoms with Crippen molar-refractivity contribution in [2.75, 3.05) is 6.54 Å². The van der Waals surface area contributed by atoms with Crippen molar-refractivity contribution in [3.63, 3.8) is 0 Å². The minimum absolute atomic E-state index is 0.185. The summed E-state index contributed by atoms with van der Waals surface area (Å²) in [5.74, 6) is 1.07. The number of nitrogens with zero attached hydrogens (tertiary/aromatic N) is 2. The van der Waals surface area contributed by atoms with Gasteiger partial charge in [0.25, 0.3) is 5.91 Å². The predicted molar refractivity (Wildman–Crippen MR) is 111 cm³/mol. The van der Waals surface area contributed by atoms with Gasteiger partial charge in [-0.3, -0.25) is 4.79 Å². The summed E-state index contributed by atoms with van der Waals surface area (Å²) in [6.45, 7) is 4.07. The number of imidazole rings is 1. The minimum Gasteiger partial charge on any atom is -0.486 e. The Bertz CT molecular complexity index is 1040. The SMILES string of the molecule is Cn1ccnc1COc1ccc(C(=O)NCC(C)(C)c2cccc(C(F)(F)F)c2)cc1. The van der Waals surface area contributed by atoms with Crippen LogP contribution in [0.25, 0.3) is 0 Å². The van der Waals surface area contributed by atoms with E-state index in [1.807, 2.05) is 17.8 Å². The van der Waals surface area contributed by atoms with Gasteiger partial charge in [0.15, 0.2) is 0 Å². The fourth-order valence-corrected chi connectivity index (χ4v) is 3.01. The van der Waals surface area contributed by atoms with Crippen LogP contribution in [0.2, 0.25) is 0 Å². The first kappa shape index (κ1) is 22.4. The second-order valence-corrected chi connectivity index (χ2v) is 7.91. The number of benzene rings is 2. The Morgan fingerprint density at radius 3 is 2.39 bits per heavy atom. The highest BCUT2D eigenvalue weighted by atomic mass is 19.4. The number of aromatic nitrogens is 2. The third-order valence-corrected chi connectivity index (χ3v) is 5.07. The zero-order valence-electron chi connectivity index (χ0n) is 17.5. The molecule has 1 N–H and O–H groups in total. The van der Waals surface area contributed by atoms with Gasteiger partial charge < -0.3 is 14.6 Å². The largest absolute Gasteiger partial charge is 0.486 e. The Morgan fingerprint density at radius 1 is 1.10 bits per heavy atom. The zero-order chi connectivity index (χ0) is 22.6. The molecule has 0 bridgehead atoms. The zero-order valence-corrected chi connectivity index (χ0v) is 17.5. The van der Waals surface area contributed by atoms with E-state index in [2.05, 4.69) is 10.3 Å². The molecule has 1 amide bonds. The molecular weight excluding hydrogens is 407 g/mol. The maximum Gasteiger partial charge on any atom is 0.416 e. The number of amides is 1. The molecule has 0 fully saturated rings. The molecule has 2 aromatic carbocycles. The molecule has 0 aliphatic carbocycles. The number of halogens is 3. The molecule has 3 aromatic rings. The van der Waals surface area contributed by atoms with E-state index in [4.69, 9.17) is 4.74 Å². The van der Waals surface area contributed by atoms with Gasteiger partial charge in [-0.15, -0.1) is 0 Å². The molecule has 5 nitrogen and oxygen atoms in total. The van der Waals surface area contributed by atoms with E-state index in [0.717, 1.165) is 18.0 Å². The van der Waals surface area contributed by atoms with Crippen molar-refractivity contribution in [1.29, 1.82) is 0 Å². The first-order valence-corrected chi connectivity index (χ1v) is 9.71. The summed E-state index contributed by atoms with van der Waals surface area (Å²) in [4.78, 5) is 16.7. The lowest BCUT2D eigenvalue weighted by atomic mass is 9.83. The highest BCUT2D eigenvalue weighted by molar-refractivity contribution is 5.94. The lowest BCUT2D eigenvalue weighted by Crippen LogP contribution is -2.36. The Kier molecular flexibility index (Phi) is 6.38. The lowest BCUT2D eigenvalue weighted by molar-refractivity contribution is -0.137. The summed E-state index contributed by atoms with van der Waals surface area (Å²) in [5.41, 5.74) is -0.447. The van der Waals surface area contributed by atoms with Gasteiger partial charge in [0.05, 0.1) is 5.56 Å². The van der Waals surface area contributed by atoms with Crippen LogP contribution in [-0.2, 0) is 25.2 Å². The molecule has 0 aliphatic rings. The van der Waals surface area contributed by atoms with E-state index in [0.29, 0.717) is 23.5 Å². The van der Waals surface area contributed by atoms with E-state index in [1.54, 1.807) is 50.4 Å². The average Bonchev–Trinajstić information content (AvgIpc) is 3.15. The average molecular weight is 431 g/mol. The fraction of sp³-hybridized carbons (Fsp3) is 0.304. The van der Waals surface area contributed by atoms with Gasteiger partial charge in [0.2, 0.25) is 0 Å². The Hall–Kier alpha value is -3.29. The van der Waals surface area contributed by atoms with Gasteiger partial charge in [-0.2, -0.15) is 13.2 Å². The molecule has 1 heterocycles. The molecule has 3 rings (SSSR count). The fourth-order valence-electron chi connectivity index (χ4n) is 3.01. The van der Waals surface area contributed by atoms with Crippen molar-refractivity contribution in [2.45, 2.75) is 32.0 Å². The monoisotopic (exact) mass is 431 g/mol. The third kappa shape index (κ3) is 5.65. The first-order valence-electron chi connectivity index (χ1n) is 9.71. The van der Waals surface area contributed by atoms with Crippen molar-refractivity contribution in [2.24, 2.45) is 7.05 Å². The first-order chi connectivity index (χ1) is 14.6. The van der Waals surface area contributed by atoms with Crippen molar-refractivity contribution in [3.05, 3.63) is 83.4 Å². The number of carbonyl (C=O) groups is 1. The summed E-state index contributed by atoms with van der Waals surface area (Å²) in [5, 5.41) is 2.80. The van der Waals surface area contributed by atoms with Crippen molar-refractivity contribution < 1.29 is 22.7 Å². The van der Waals surface area contributed by atoms with Gasteiger partial charge in [-0.25, -0.2) is 4.98 Å². The number of aryl methyl sites for hydroxylation is 1. The minimum atomic E-state index is -4.41. The summed E-state index contributed by atoms with van der Waals surface area (Å²) in [6.07, 6.45) is -0.893. The van der Waals surface area contributed by atoms with Gasteiger partial charge in [-0.05, 0) is 35.9 Å². The lowest BCUT2D eigenvalue weighted by Gasteiger charge is -2.26. The van der Waals surface area contributed by atoms with Crippen molar-refractivity contribution in [3.8, 4) is 5.75 Å². The summed E-state index contributed by atoms with van der Waals surface area (Å²) >= 11 is 0. The smallest absolute Gasteiger partial charge is 0.416 e. The van der Waals surface area contributed by atoms with Crippen LogP contribution < -0.4 is 10.1 Å². The quantitative estimate of drug-likeness (QED) is 0.589. The van der Waals surface area contributed by atoms with Crippen LogP contribution >= 0.6 is 0 Å². The molecule has 0 unspecified atom stereocenters. The highest BCUT2D eigenvalue weighted by Gasteiger charge is 2.32. The Balaban J connectivity index is 1.59. The number of hydrogen-bond acceptors (Lipinski definition) is 3. The van der Waals surface area contributed by atoms with Crippen LogP contribution in [0, 0.1) is 0 Å². The third-order valence-electron chi connectivity index (χ3n) is 5.07. The highest BCUT2D eigenvalue weighted by Crippen LogP contribution is 2.32. The number of ether oxygens (including phenoxy) is 1. The summed E-state index contributed by atoms with van der Waals surface area (Å²) < 4.78 is 46.5. The second-order valence-electron chi connectivity index (χ2n) is 7.91. The predicted octanol–water partition coefficient (Wildman–Crippen LogP) is 4.73. The molecule has 1 aromatic heterocycles. The van der Waals surface area contributed by atoms with Crippen LogP contribution in [0.1, 0.15) is 41.2 Å². The molecule has 0 spiro atoms. The van der Waals surface area contributed by atoms with Gasteiger partial charge in [0, 0.05) is 37.0 Å². The molecule has 8 heteroatoms. The number of alkyl halides is 3. The van der Waals surface area contributed by atoms with Crippen LogP contribution in [0.3, 0.4) is 0 Å². The van der Waals surface area contributed by atoms with Crippen LogP contribution in [-0.4, -0.2) is 22.0 Å². The Labute approximate surface area is 178 Å². The summed E-state index contributed by atoms with van der Waals surface area (Å²) in [7, 11) is 1.87. The van der Waals surface area contributed by atoms with Crippen molar-refractivity contribution in [1.82, 2.24) is 14.9 Å². The van der Waals surface area contributed by atoms with Gasteiger partial charge >= 0.3 is 6.18 Å². The maximum absolute atomic E-state index is 13.0. The number of hydrogen-bond donors (Lipinski definition) is 1. The molecular formula is C23H24F3N3O2. The van der Waals surface area contributed by atoms with E-state index in [1.165, 1.54) is 6.07 Å². The van der Waals surface area contributed by atoms with Gasteiger partial charge in [-0.1, -0.05) is 32.0 Å². The number of nitrogens with one attached hydrogen (secondary N) is 1. The molecule has 31 heavy (non-hydrogen) atoms. The molecule has 0 saturated heterocycles. The summed E-state index contributed by atoms with van der Waals surface area (Å²) in [6, 6.07) is 11.8. The topological polar surface area (TPSA) is 56.2 Å². The van der Waals surface area contributed by atoms with E-state index in [9.17, 15) is 18.0 Å². The molecule has 164 valence electrons. The Morgan fingerprint density at radius 2 is 1.77 bits per heavy atom. The van der Waals surface area contributed by atoms with E-state index >= 15 is 0 Å². The second kappa shape index (κ2) is 8.83. The van der Waals surface area contributed by atoms with Crippen molar-refractivity contribution >= 4 is 5.91 Å². The standard InChI is InChI=1S/C23H24F3N3O2/c1-22(2,17-5-4-6-18(13-17)23(24,25)26)15-28-21(30)16-7-9-19(10-8-16)31-14-20-27-11-12-29(20)3/h4-13H,14-15H2,1-3H3,(H,28,30). The van der Waals surface area contributed by atoms with Gasteiger partial charge in [0.1, 0.15) is 18.2 Å². The van der Waals surface area contributed by atoms with Crippen LogP contribution in [0.15, 0.2) is 60.9 Å². The molecule has 0 radical (unpaired) electrons. The van der Waals surface area contributed by atoms with E-state index < -0.39 is 17.2 Å². The maximum atomic E-state index is 13.0. The number of carbonyl (C=O) groups excluding carboxylic acids is 1. The molecule has 0 saturated carbocycles. The molecule has 0 aliphatic heterocycles. The molecule has 0 atom stereocenters. The number of rotatable bonds is 7. The normalized spacial score (nSPS) is 11.9. The van der Waals surface area contributed by atoms with Crippen LogP contribution in [0.4, 0.5) is 13.2 Å². The van der Waals surface area contributed by atoms with E-state index in [-0.39, 0.29) is 12.5 Å². The van der Waals surface area contributed by atoms with Crippen LogP contribution in [0.5, 0.6) is 5.75 Å².